The minimum absolute atomic E-state index is 0.0459. The predicted molar refractivity (Wildman–Crippen MR) is 92.7 cm³/mol. The number of benzene rings is 2. The number of anilines is 1. The van der Waals surface area contributed by atoms with Crippen LogP contribution in [-0.4, -0.2) is 31.4 Å². The predicted octanol–water partition coefficient (Wildman–Crippen LogP) is 2.62. The van der Waals surface area contributed by atoms with Crippen LogP contribution in [0.5, 0.6) is 5.75 Å². The van der Waals surface area contributed by atoms with E-state index in [0.29, 0.717) is 17.0 Å². The molecule has 0 aliphatic rings. The van der Waals surface area contributed by atoms with Crippen molar-refractivity contribution in [3.8, 4) is 5.75 Å². The number of ketones is 1. The first kappa shape index (κ1) is 18.2. The van der Waals surface area contributed by atoms with Gasteiger partial charge < -0.3 is 14.8 Å². The Hall–Kier alpha value is -3.15. The van der Waals surface area contributed by atoms with Crippen LogP contribution in [0.4, 0.5) is 5.69 Å². The second-order valence-corrected chi connectivity index (χ2v) is 5.37. The molecule has 0 heterocycles. The van der Waals surface area contributed by atoms with Gasteiger partial charge in [0.15, 0.2) is 12.4 Å². The minimum atomic E-state index is -0.513. The first-order valence-corrected chi connectivity index (χ1v) is 7.67. The molecule has 2 aromatic rings. The summed E-state index contributed by atoms with van der Waals surface area (Å²) in [5.74, 6) is -0.435. The molecule has 0 unspecified atom stereocenters. The van der Waals surface area contributed by atoms with Gasteiger partial charge in [-0.2, -0.15) is 0 Å². The Labute approximate surface area is 145 Å². The van der Waals surface area contributed by atoms with Crippen molar-refractivity contribution in [3.63, 3.8) is 0 Å². The molecular weight excluding hydrogens is 322 g/mol. The highest BCUT2D eigenvalue weighted by Gasteiger charge is 2.10. The Kier molecular flexibility index (Phi) is 6.28. The third kappa shape index (κ3) is 5.76. The number of Topliss-reactive ketones (excluding diaryl/α,β-unsaturated/α-hetero) is 1. The summed E-state index contributed by atoms with van der Waals surface area (Å²) in [4.78, 5) is 35.0. The molecule has 1 N–H and O–H groups in total. The lowest BCUT2D eigenvalue weighted by Crippen LogP contribution is -2.21. The van der Waals surface area contributed by atoms with Gasteiger partial charge in [0.25, 0.3) is 5.91 Å². The van der Waals surface area contributed by atoms with Crippen LogP contribution in [0.25, 0.3) is 0 Å². The molecule has 6 nitrogen and oxygen atoms in total. The first-order chi connectivity index (χ1) is 12.0. The molecule has 6 heteroatoms. The van der Waals surface area contributed by atoms with Crippen molar-refractivity contribution < 1.29 is 23.9 Å². The molecule has 2 aromatic carbocycles. The van der Waals surface area contributed by atoms with Gasteiger partial charge in [-0.25, -0.2) is 0 Å². The fraction of sp³-hybridized carbons (Fsp3) is 0.211. The van der Waals surface area contributed by atoms with Crippen LogP contribution >= 0.6 is 0 Å². The van der Waals surface area contributed by atoms with Crippen molar-refractivity contribution in [3.05, 3.63) is 59.7 Å². The smallest absolute Gasteiger partial charge is 0.310 e. The van der Waals surface area contributed by atoms with Gasteiger partial charge >= 0.3 is 5.97 Å². The highest BCUT2D eigenvalue weighted by Crippen LogP contribution is 2.13. The van der Waals surface area contributed by atoms with Crippen molar-refractivity contribution in [1.29, 1.82) is 0 Å². The van der Waals surface area contributed by atoms with Crippen molar-refractivity contribution in [2.75, 3.05) is 19.0 Å². The number of hydrogen-bond acceptors (Lipinski definition) is 5. The average molecular weight is 341 g/mol. The van der Waals surface area contributed by atoms with E-state index in [0.717, 1.165) is 5.56 Å². The third-order valence-electron chi connectivity index (χ3n) is 3.40. The third-order valence-corrected chi connectivity index (χ3v) is 3.40. The maximum atomic E-state index is 11.9. The second-order valence-electron chi connectivity index (χ2n) is 5.37. The SMILES string of the molecule is COc1cccc(CC(=O)OCC(=O)Nc2cccc(C(C)=O)c2)c1. The standard InChI is InChI=1S/C19H19NO5/c1-13(21)15-6-4-7-16(11-15)20-18(22)12-25-19(23)10-14-5-3-8-17(9-14)24-2/h3-9,11H,10,12H2,1-2H3,(H,20,22). The number of carbonyl (C=O) groups excluding carboxylic acids is 3. The lowest BCUT2D eigenvalue weighted by molar-refractivity contribution is -0.146. The molecule has 0 aliphatic heterocycles. The Balaban J connectivity index is 1.84. The molecular formula is C19H19NO5. The van der Waals surface area contributed by atoms with E-state index in [1.54, 1.807) is 55.6 Å². The zero-order valence-corrected chi connectivity index (χ0v) is 14.1. The highest BCUT2D eigenvalue weighted by molar-refractivity contribution is 5.97. The summed E-state index contributed by atoms with van der Waals surface area (Å²) in [6.07, 6.45) is 0.0459. The molecule has 0 saturated heterocycles. The van der Waals surface area contributed by atoms with Crippen molar-refractivity contribution >= 4 is 23.3 Å². The van der Waals surface area contributed by atoms with Crippen molar-refractivity contribution in [2.24, 2.45) is 0 Å². The molecule has 25 heavy (non-hydrogen) atoms. The molecule has 0 aliphatic carbocycles. The maximum Gasteiger partial charge on any atom is 0.310 e. The van der Waals surface area contributed by atoms with Gasteiger partial charge in [0, 0.05) is 11.3 Å². The zero-order valence-electron chi connectivity index (χ0n) is 14.1. The largest absolute Gasteiger partial charge is 0.497 e. The van der Waals surface area contributed by atoms with Crippen LogP contribution in [0.3, 0.4) is 0 Å². The second kappa shape index (κ2) is 8.63. The number of ether oxygens (including phenoxy) is 2. The lowest BCUT2D eigenvalue weighted by Gasteiger charge is -2.08. The van der Waals surface area contributed by atoms with E-state index in [1.165, 1.54) is 6.92 Å². The summed E-state index contributed by atoms with van der Waals surface area (Å²) in [5.41, 5.74) is 1.70. The Morgan fingerprint density at radius 1 is 1.04 bits per heavy atom. The molecule has 1 amide bonds. The van der Waals surface area contributed by atoms with Gasteiger partial charge in [0.2, 0.25) is 0 Å². The quantitative estimate of drug-likeness (QED) is 0.618. The molecule has 0 bridgehead atoms. The van der Waals surface area contributed by atoms with Crippen molar-refractivity contribution in [2.45, 2.75) is 13.3 Å². The van der Waals surface area contributed by atoms with Crippen LogP contribution in [0, 0.1) is 0 Å². The minimum Gasteiger partial charge on any atom is -0.497 e. The fourth-order valence-electron chi connectivity index (χ4n) is 2.16. The van der Waals surface area contributed by atoms with Gasteiger partial charge in [-0.15, -0.1) is 0 Å². The molecule has 0 radical (unpaired) electrons. The van der Waals surface area contributed by atoms with Crippen LogP contribution in [-0.2, 0) is 20.7 Å². The Morgan fingerprint density at radius 2 is 1.80 bits per heavy atom. The number of rotatable bonds is 7. The Morgan fingerprint density at radius 3 is 2.52 bits per heavy atom. The van der Waals surface area contributed by atoms with Gasteiger partial charge in [0.05, 0.1) is 13.5 Å². The van der Waals surface area contributed by atoms with Crippen LogP contribution < -0.4 is 10.1 Å². The number of methoxy groups -OCH3 is 1. The molecule has 130 valence electrons. The summed E-state index contributed by atoms with van der Waals surface area (Å²) in [6.45, 7) is 1.05. The van der Waals surface area contributed by atoms with Gasteiger partial charge in [0.1, 0.15) is 5.75 Å². The number of hydrogen-bond donors (Lipinski definition) is 1. The number of carbonyl (C=O) groups is 3. The number of nitrogens with one attached hydrogen (secondary N) is 1. The van der Waals surface area contributed by atoms with E-state index >= 15 is 0 Å². The summed E-state index contributed by atoms with van der Waals surface area (Å²) < 4.78 is 10.1. The summed E-state index contributed by atoms with van der Waals surface area (Å²) >= 11 is 0. The normalized spacial score (nSPS) is 10.0. The van der Waals surface area contributed by atoms with Gasteiger partial charge in [-0.05, 0) is 36.8 Å². The fourth-order valence-corrected chi connectivity index (χ4v) is 2.16. The summed E-state index contributed by atoms with van der Waals surface area (Å²) in [6, 6.07) is 13.6. The van der Waals surface area contributed by atoms with E-state index < -0.39 is 18.5 Å². The monoisotopic (exact) mass is 341 g/mol. The number of esters is 1. The van der Waals surface area contributed by atoms with Gasteiger partial charge in [-0.3, -0.25) is 14.4 Å². The van der Waals surface area contributed by atoms with E-state index in [-0.39, 0.29) is 12.2 Å². The maximum absolute atomic E-state index is 11.9. The molecule has 0 saturated carbocycles. The molecule has 0 spiro atoms. The highest BCUT2D eigenvalue weighted by atomic mass is 16.5. The lowest BCUT2D eigenvalue weighted by atomic mass is 10.1. The first-order valence-electron chi connectivity index (χ1n) is 7.67. The molecule has 0 atom stereocenters. The van der Waals surface area contributed by atoms with Crippen LogP contribution in [0.1, 0.15) is 22.8 Å². The summed E-state index contributed by atoms with van der Waals surface area (Å²) in [5, 5.41) is 2.59. The van der Waals surface area contributed by atoms with E-state index in [2.05, 4.69) is 5.32 Å². The Bertz CT molecular complexity index is 785. The van der Waals surface area contributed by atoms with E-state index in [4.69, 9.17) is 9.47 Å². The van der Waals surface area contributed by atoms with Gasteiger partial charge in [-0.1, -0.05) is 24.3 Å². The molecule has 0 fully saturated rings. The van der Waals surface area contributed by atoms with E-state index in [9.17, 15) is 14.4 Å². The molecule has 2 rings (SSSR count). The van der Waals surface area contributed by atoms with Crippen LogP contribution in [0.2, 0.25) is 0 Å². The number of amides is 1. The van der Waals surface area contributed by atoms with E-state index in [1.807, 2.05) is 0 Å². The summed E-state index contributed by atoms with van der Waals surface area (Å²) in [7, 11) is 1.54. The van der Waals surface area contributed by atoms with Crippen molar-refractivity contribution in [1.82, 2.24) is 0 Å². The van der Waals surface area contributed by atoms with Crippen LogP contribution in [0.15, 0.2) is 48.5 Å². The average Bonchev–Trinajstić information content (AvgIpc) is 2.60. The molecule has 0 aromatic heterocycles. The zero-order chi connectivity index (χ0) is 18.2. The topological polar surface area (TPSA) is 81.7 Å².